The van der Waals surface area contributed by atoms with Crippen molar-refractivity contribution >= 4 is 5.69 Å². The molecule has 0 spiro atoms. The number of nitrogens with zero attached hydrogens (tertiary/aromatic N) is 2. The minimum Gasteiger partial charge on any atom is -0.399 e. The molecule has 0 aliphatic heterocycles. The average molecular weight is 203 g/mol. The molecule has 0 saturated heterocycles. The number of nitrogen functional groups attached to an aromatic ring is 1. The van der Waals surface area contributed by atoms with Crippen LogP contribution in [0.15, 0.2) is 24.3 Å². The molecule has 0 fully saturated rings. The van der Waals surface area contributed by atoms with E-state index < -0.39 is 0 Å². The molecule has 0 heterocycles. The Morgan fingerprint density at radius 3 is 2.80 bits per heavy atom. The van der Waals surface area contributed by atoms with Gasteiger partial charge in [0.25, 0.3) is 0 Å². The Bertz CT molecular complexity index is 354. The van der Waals surface area contributed by atoms with E-state index in [1.54, 1.807) is 0 Å². The number of hydrogen-bond donors (Lipinski definition) is 1. The first-order valence-electron chi connectivity index (χ1n) is 5.15. The maximum Gasteiger partial charge on any atom is 0.0952 e. The molecule has 3 nitrogen and oxygen atoms in total. The minimum atomic E-state index is -0.0589. The van der Waals surface area contributed by atoms with Crippen molar-refractivity contribution in [1.29, 1.82) is 5.26 Å². The third-order valence-corrected chi connectivity index (χ3v) is 2.48. The summed E-state index contributed by atoms with van der Waals surface area (Å²) in [6.45, 7) is 5.61. The van der Waals surface area contributed by atoms with Crippen molar-refractivity contribution in [2.45, 2.75) is 26.4 Å². The first kappa shape index (κ1) is 11.5. The smallest absolute Gasteiger partial charge is 0.0952 e. The van der Waals surface area contributed by atoms with E-state index in [-0.39, 0.29) is 6.04 Å². The highest BCUT2D eigenvalue weighted by molar-refractivity contribution is 5.40. The Morgan fingerprint density at radius 1 is 1.53 bits per heavy atom. The zero-order valence-corrected chi connectivity index (χ0v) is 9.27. The summed E-state index contributed by atoms with van der Waals surface area (Å²) >= 11 is 0. The number of nitrogens with two attached hydrogens (primary N) is 1. The lowest BCUT2D eigenvalue weighted by molar-refractivity contribution is 0.250. The van der Waals surface area contributed by atoms with Crippen LogP contribution in [0.3, 0.4) is 0 Å². The molecule has 0 amide bonds. The van der Waals surface area contributed by atoms with Crippen LogP contribution in [0.2, 0.25) is 0 Å². The monoisotopic (exact) mass is 203 g/mol. The van der Waals surface area contributed by atoms with Crippen molar-refractivity contribution in [3.63, 3.8) is 0 Å². The molecule has 1 aromatic carbocycles. The SMILES string of the molecule is CCN(Cc1cccc(N)c1)C(C)C#N. The second-order valence-electron chi connectivity index (χ2n) is 3.61. The molecule has 0 aliphatic carbocycles. The van der Waals surface area contributed by atoms with Crippen LogP contribution in [0.1, 0.15) is 19.4 Å². The van der Waals surface area contributed by atoms with Gasteiger partial charge in [-0.15, -0.1) is 0 Å². The van der Waals surface area contributed by atoms with Gasteiger partial charge in [-0.1, -0.05) is 19.1 Å². The van der Waals surface area contributed by atoms with Crippen LogP contribution in [-0.2, 0) is 6.54 Å². The molecular weight excluding hydrogens is 186 g/mol. The molecule has 3 heteroatoms. The molecule has 0 radical (unpaired) electrons. The normalized spacial score (nSPS) is 12.4. The Morgan fingerprint density at radius 2 is 2.27 bits per heavy atom. The fraction of sp³-hybridized carbons (Fsp3) is 0.417. The number of hydrogen-bond acceptors (Lipinski definition) is 3. The number of benzene rings is 1. The van der Waals surface area contributed by atoms with E-state index in [4.69, 9.17) is 11.0 Å². The lowest BCUT2D eigenvalue weighted by atomic mass is 10.1. The highest BCUT2D eigenvalue weighted by Crippen LogP contribution is 2.11. The Kier molecular flexibility index (Phi) is 4.14. The molecule has 0 saturated carbocycles. The van der Waals surface area contributed by atoms with E-state index in [0.29, 0.717) is 0 Å². The first-order valence-corrected chi connectivity index (χ1v) is 5.15. The highest BCUT2D eigenvalue weighted by atomic mass is 15.1. The molecule has 80 valence electrons. The van der Waals surface area contributed by atoms with Gasteiger partial charge in [0.1, 0.15) is 0 Å². The average Bonchev–Trinajstić information content (AvgIpc) is 2.25. The van der Waals surface area contributed by atoms with Gasteiger partial charge in [0.2, 0.25) is 0 Å². The second kappa shape index (κ2) is 5.38. The quantitative estimate of drug-likeness (QED) is 0.761. The summed E-state index contributed by atoms with van der Waals surface area (Å²) in [4.78, 5) is 2.11. The van der Waals surface area contributed by atoms with Crippen molar-refractivity contribution in [3.05, 3.63) is 29.8 Å². The molecule has 0 aliphatic rings. The van der Waals surface area contributed by atoms with Crippen LogP contribution in [0.25, 0.3) is 0 Å². The summed E-state index contributed by atoms with van der Waals surface area (Å²) in [5.74, 6) is 0. The fourth-order valence-electron chi connectivity index (χ4n) is 1.53. The van der Waals surface area contributed by atoms with Gasteiger partial charge in [0.15, 0.2) is 0 Å². The summed E-state index contributed by atoms with van der Waals surface area (Å²) in [6.07, 6.45) is 0. The predicted octanol–water partition coefficient (Wildman–Crippen LogP) is 2.00. The summed E-state index contributed by atoms with van der Waals surface area (Å²) in [5, 5.41) is 8.85. The van der Waals surface area contributed by atoms with Crippen molar-refractivity contribution in [2.24, 2.45) is 0 Å². The van der Waals surface area contributed by atoms with E-state index in [1.165, 1.54) is 0 Å². The molecule has 2 N–H and O–H groups in total. The van der Waals surface area contributed by atoms with Crippen LogP contribution in [-0.4, -0.2) is 17.5 Å². The largest absolute Gasteiger partial charge is 0.399 e. The Labute approximate surface area is 91.1 Å². The molecule has 15 heavy (non-hydrogen) atoms. The molecule has 0 bridgehead atoms. The highest BCUT2D eigenvalue weighted by Gasteiger charge is 2.10. The maximum atomic E-state index is 8.85. The summed E-state index contributed by atoms with van der Waals surface area (Å²) < 4.78 is 0. The summed E-state index contributed by atoms with van der Waals surface area (Å²) in [5.41, 5.74) is 7.62. The van der Waals surface area contributed by atoms with Gasteiger partial charge in [-0.25, -0.2) is 0 Å². The topological polar surface area (TPSA) is 53.0 Å². The van der Waals surface area contributed by atoms with Gasteiger partial charge >= 0.3 is 0 Å². The number of nitriles is 1. The van der Waals surface area contributed by atoms with Gasteiger partial charge < -0.3 is 5.73 Å². The first-order chi connectivity index (χ1) is 7.17. The van der Waals surface area contributed by atoms with Crippen molar-refractivity contribution in [2.75, 3.05) is 12.3 Å². The lowest BCUT2D eigenvalue weighted by Gasteiger charge is -2.22. The molecule has 1 atom stereocenters. The summed E-state index contributed by atoms with van der Waals surface area (Å²) in [7, 11) is 0. The van der Waals surface area contributed by atoms with Gasteiger partial charge in [-0.2, -0.15) is 5.26 Å². The van der Waals surface area contributed by atoms with Crippen molar-refractivity contribution in [3.8, 4) is 6.07 Å². The zero-order valence-electron chi connectivity index (χ0n) is 9.27. The van der Waals surface area contributed by atoms with Gasteiger partial charge in [-0.3, -0.25) is 4.90 Å². The van der Waals surface area contributed by atoms with Crippen molar-refractivity contribution in [1.82, 2.24) is 4.90 Å². The van der Waals surface area contributed by atoms with E-state index in [2.05, 4.69) is 17.9 Å². The van der Waals surface area contributed by atoms with Crippen LogP contribution in [0.4, 0.5) is 5.69 Å². The minimum absolute atomic E-state index is 0.0589. The van der Waals surface area contributed by atoms with Gasteiger partial charge in [0, 0.05) is 12.2 Å². The van der Waals surface area contributed by atoms with Gasteiger partial charge in [-0.05, 0) is 31.2 Å². The Balaban J connectivity index is 2.71. The molecule has 1 unspecified atom stereocenters. The third-order valence-electron chi connectivity index (χ3n) is 2.48. The third kappa shape index (κ3) is 3.26. The predicted molar refractivity (Wildman–Crippen MR) is 62.0 cm³/mol. The standard InChI is InChI=1S/C12H17N3/c1-3-15(10(2)8-13)9-11-5-4-6-12(14)7-11/h4-7,10H,3,9,14H2,1-2H3. The van der Waals surface area contributed by atoms with Gasteiger partial charge in [0.05, 0.1) is 12.1 Å². The van der Waals surface area contributed by atoms with Crippen LogP contribution in [0, 0.1) is 11.3 Å². The fourth-order valence-corrected chi connectivity index (χ4v) is 1.53. The summed E-state index contributed by atoms with van der Waals surface area (Å²) in [6, 6.07) is 9.98. The van der Waals surface area contributed by atoms with Crippen LogP contribution >= 0.6 is 0 Å². The molecular formula is C12H17N3. The molecule has 0 aromatic heterocycles. The number of anilines is 1. The van der Waals surface area contributed by atoms with Crippen LogP contribution in [0.5, 0.6) is 0 Å². The molecule has 1 aromatic rings. The van der Waals surface area contributed by atoms with E-state index in [1.807, 2.05) is 31.2 Å². The molecule has 1 rings (SSSR count). The van der Waals surface area contributed by atoms with E-state index in [9.17, 15) is 0 Å². The zero-order chi connectivity index (χ0) is 11.3. The lowest BCUT2D eigenvalue weighted by Crippen LogP contribution is -2.31. The maximum absolute atomic E-state index is 8.85. The Hall–Kier alpha value is -1.53. The number of rotatable bonds is 4. The van der Waals surface area contributed by atoms with Crippen LogP contribution < -0.4 is 5.73 Å². The van der Waals surface area contributed by atoms with E-state index >= 15 is 0 Å². The van der Waals surface area contributed by atoms with E-state index in [0.717, 1.165) is 24.3 Å². The van der Waals surface area contributed by atoms with Crippen molar-refractivity contribution < 1.29 is 0 Å². The second-order valence-corrected chi connectivity index (χ2v) is 3.61.